The zero-order valence-corrected chi connectivity index (χ0v) is 14.3. The van der Waals surface area contributed by atoms with Crippen LogP contribution in [0.2, 0.25) is 0 Å². The molecule has 2 aromatic heterocycles. The van der Waals surface area contributed by atoms with Crippen molar-refractivity contribution in [3.05, 3.63) is 95.8 Å². The summed E-state index contributed by atoms with van der Waals surface area (Å²) in [6.07, 6.45) is 4.68. The number of nitrogens with one attached hydrogen (secondary N) is 1. The second-order valence-corrected chi connectivity index (χ2v) is 5.56. The maximum absolute atomic E-state index is 11.9. The lowest BCUT2D eigenvalue weighted by molar-refractivity contribution is 0.177. The number of amides is 1. The number of ether oxygens (including phenoxy) is 1. The van der Waals surface area contributed by atoms with Gasteiger partial charge in [-0.3, -0.25) is 4.98 Å². The van der Waals surface area contributed by atoms with Crippen LogP contribution in [0.15, 0.2) is 73.2 Å². The molecule has 1 fully saturated rings. The predicted molar refractivity (Wildman–Crippen MR) is 98.1 cm³/mol. The molecule has 0 radical (unpaired) electrons. The Morgan fingerprint density at radius 3 is 2.56 bits per heavy atom. The van der Waals surface area contributed by atoms with Gasteiger partial charge in [-0.25, -0.2) is 14.2 Å². The van der Waals surface area contributed by atoms with Gasteiger partial charge in [0.2, 0.25) is 0 Å². The molecule has 6 heteroatoms. The third-order valence-corrected chi connectivity index (χ3v) is 3.59. The van der Waals surface area contributed by atoms with Crippen LogP contribution in [0.5, 0.6) is 0 Å². The Morgan fingerprint density at radius 1 is 1.07 bits per heavy atom. The molecular formula is C21H16FN3O2. The van der Waals surface area contributed by atoms with Gasteiger partial charge in [0.05, 0.1) is 6.04 Å². The number of hydrogen-bond acceptors (Lipinski definition) is 4. The number of halogens is 1. The van der Waals surface area contributed by atoms with Crippen LogP contribution in [0.25, 0.3) is 0 Å². The molecule has 0 saturated carbocycles. The van der Waals surface area contributed by atoms with Crippen LogP contribution in [-0.2, 0) is 4.74 Å². The van der Waals surface area contributed by atoms with Crippen LogP contribution < -0.4 is 5.32 Å². The van der Waals surface area contributed by atoms with Crippen molar-refractivity contribution < 1.29 is 13.9 Å². The molecule has 5 nitrogen and oxygen atoms in total. The first-order chi connectivity index (χ1) is 13.2. The molecule has 27 heavy (non-hydrogen) atoms. The molecule has 0 spiro atoms. The number of benzene rings is 1. The highest BCUT2D eigenvalue weighted by Crippen LogP contribution is 2.17. The number of rotatable bonds is 1. The second kappa shape index (κ2) is 9.11. The predicted octanol–water partition coefficient (Wildman–Crippen LogP) is 3.48. The third-order valence-electron chi connectivity index (χ3n) is 3.59. The van der Waals surface area contributed by atoms with Crippen LogP contribution in [0.1, 0.15) is 22.9 Å². The van der Waals surface area contributed by atoms with E-state index in [1.54, 1.807) is 36.8 Å². The summed E-state index contributed by atoms with van der Waals surface area (Å²) in [5, 5.41) is 2.72. The van der Waals surface area contributed by atoms with Gasteiger partial charge in [0, 0.05) is 24.2 Å². The van der Waals surface area contributed by atoms with Crippen LogP contribution >= 0.6 is 0 Å². The molecule has 0 bridgehead atoms. The van der Waals surface area contributed by atoms with E-state index in [1.165, 1.54) is 12.1 Å². The van der Waals surface area contributed by atoms with Crippen LogP contribution in [0.3, 0.4) is 0 Å². The number of alkyl carbamates (subject to hydrolysis) is 1. The van der Waals surface area contributed by atoms with Gasteiger partial charge >= 0.3 is 6.09 Å². The first kappa shape index (κ1) is 18.1. The van der Waals surface area contributed by atoms with Crippen LogP contribution in [0.4, 0.5) is 9.18 Å². The summed E-state index contributed by atoms with van der Waals surface area (Å²) >= 11 is 0. The smallest absolute Gasteiger partial charge is 0.407 e. The highest BCUT2D eigenvalue weighted by atomic mass is 19.1. The van der Waals surface area contributed by atoms with Crippen molar-refractivity contribution in [1.82, 2.24) is 15.3 Å². The van der Waals surface area contributed by atoms with Gasteiger partial charge in [-0.15, -0.1) is 0 Å². The van der Waals surface area contributed by atoms with Gasteiger partial charge in [-0.2, -0.15) is 0 Å². The molecule has 1 aliphatic rings. The molecule has 0 unspecified atom stereocenters. The van der Waals surface area contributed by atoms with Gasteiger partial charge in [0.25, 0.3) is 0 Å². The number of pyridine rings is 2. The fourth-order valence-corrected chi connectivity index (χ4v) is 2.28. The summed E-state index contributed by atoms with van der Waals surface area (Å²) in [7, 11) is 0. The lowest BCUT2D eigenvalue weighted by Gasteiger charge is -2.06. The lowest BCUT2D eigenvalue weighted by atomic mass is 10.1. The van der Waals surface area contributed by atoms with Crippen LogP contribution in [0, 0.1) is 17.7 Å². The zero-order valence-electron chi connectivity index (χ0n) is 14.3. The molecule has 1 saturated heterocycles. The molecule has 1 aliphatic heterocycles. The van der Waals surface area contributed by atoms with E-state index in [2.05, 4.69) is 27.1 Å². The minimum absolute atomic E-state index is 0.135. The number of carbonyl (C=O) groups is 1. The van der Waals surface area contributed by atoms with E-state index in [9.17, 15) is 9.18 Å². The molecule has 3 heterocycles. The van der Waals surface area contributed by atoms with Crippen molar-refractivity contribution in [3.63, 3.8) is 0 Å². The van der Waals surface area contributed by atoms with E-state index in [0.29, 0.717) is 12.3 Å². The zero-order chi connectivity index (χ0) is 18.9. The molecule has 134 valence electrons. The quantitative estimate of drug-likeness (QED) is 0.674. The second-order valence-electron chi connectivity index (χ2n) is 5.56. The van der Waals surface area contributed by atoms with E-state index in [1.807, 2.05) is 24.3 Å². The Kier molecular flexibility index (Phi) is 6.10. The highest BCUT2D eigenvalue weighted by molar-refractivity contribution is 5.70. The number of aromatic nitrogens is 2. The van der Waals surface area contributed by atoms with Crippen LogP contribution in [-0.4, -0.2) is 22.7 Å². The van der Waals surface area contributed by atoms with Gasteiger partial charge in [0.1, 0.15) is 18.1 Å². The van der Waals surface area contributed by atoms with Crippen molar-refractivity contribution in [2.75, 3.05) is 6.61 Å². The maximum Gasteiger partial charge on any atom is 0.407 e. The standard InChI is InChI=1S/C15H11N3O2.C6H5F/c19-15-18-14(10-20-15)12-5-7-17-13(8-12)4-3-11-2-1-6-16-9-11;7-6-4-2-1-3-5-6/h1-2,5-9,14H,10H2,(H,18,19);1-5H/t14-;/m0./s1. The Bertz CT molecular complexity index is 953. The SMILES string of the molecule is Fc1ccccc1.O=C1N[C@H](c2ccnc(C#Cc3cccnc3)c2)CO1. The van der Waals surface area contributed by atoms with E-state index in [-0.39, 0.29) is 11.9 Å². The fraction of sp³-hybridized carbons (Fsp3) is 0.0952. The van der Waals surface area contributed by atoms with Gasteiger partial charge in [0.15, 0.2) is 0 Å². The van der Waals surface area contributed by atoms with E-state index >= 15 is 0 Å². The topological polar surface area (TPSA) is 64.1 Å². The molecular weight excluding hydrogens is 345 g/mol. The number of hydrogen-bond donors (Lipinski definition) is 1. The maximum atomic E-state index is 11.9. The highest BCUT2D eigenvalue weighted by Gasteiger charge is 2.23. The molecule has 3 aromatic rings. The number of cyclic esters (lactones) is 1. The Morgan fingerprint density at radius 2 is 1.93 bits per heavy atom. The van der Waals surface area contributed by atoms with E-state index < -0.39 is 6.09 Å². The summed E-state index contributed by atoms with van der Waals surface area (Å²) in [5.41, 5.74) is 2.41. The van der Waals surface area contributed by atoms with Crippen molar-refractivity contribution in [2.45, 2.75) is 6.04 Å². The summed E-state index contributed by atoms with van der Waals surface area (Å²) in [6.45, 7) is 0.332. The lowest BCUT2D eigenvalue weighted by Crippen LogP contribution is -2.18. The minimum Gasteiger partial charge on any atom is -0.447 e. The Hall–Kier alpha value is -3.72. The molecule has 4 rings (SSSR count). The largest absolute Gasteiger partial charge is 0.447 e. The Balaban J connectivity index is 0.000000253. The molecule has 1 amide bonds. The summed E-state index contributed by atoms with van der Waals surface area (Å²) in [4.78, 5) is 19.2. The molecule has 0 aliphatic carbocycles. The van der Waals surface area contributed by atoms with Crippen molar-refractivity contribution in [1.29, 1.82) is 0 Å². The minimum atomic E-state index is -0.394. The van der Waals surface area contributed by atoms with Crippen molar-refractivity contribution >= 4 is 6.09 Å². The van der Waals surface area contributed by atoms with E-state index in [0.717, 1.165) is 11.1 Å². The average molecular weight is 361 g/mol. The fourth-order valence-electron chi connectivity index (χ4n) is 2.28. The van der Waals surface area contributed by atoms with Gasteiger partial charge in [-0.05, 0) is 47.9 Å². The average Bonchev–Trinajstić information content (AvgIpc) is 3.15. The molecule has 1 aromatic carbocycles. The first-order valence-electron chi connectivity index (χ1n) is 8.22. The van der Waals surface area contributed by atoms with Gasteiger partial charge in [-0.1, -0.05) is 24.1 Å². The van der Waals surface area contributed by atoms with Crippen molar-refractivity contribution in [2.24, 2.45) is 0 Å². The normalized spacial score (nSPS) is 14.7. The van der Waals surface area contributed by atoms with Crippen molar-refractivity contribution in [3.8, 4) is 11.8 Å². The molecule has 1 N–H and O–H groups in total. The van der Waals surface area contributed by atoms with E-state index in [4.69, 9.17) is 4.74 Å². The molecule has 1 atom stereocenters. The summed E-state index contributed by atoms with van der Waals surface area (Å²) < 4.78 is 16.8. The number of carbonyl (C=O) groups excluding carboxylic acids is 1. The number of nitrogens with zero attached hydrogens (tertiary/aromatic N) is 2. The Labute approximate surface area is 156 Å². The summed E-state index contributed by atoms with van der Waals surface area (Å²) in [5.74, 6) is 5.80. The third kappa shape index (κ3) is 5.65. The first-order valence-corrected chi connectivity index (χ1v) is 8.22. The van der Waals surface area contributed by atoms with Gasteiger partial charge < -0.3 is 10.1 Å². The summed E-state index contributed by atoms with van der Waals surface area (Å²) in [6, 6.07) is 15.2. The monoisotopic (exact) mass is 361 g/mol.